The molecule has 4 heteroatoms. The van der Waals surface area contributed by atoms with Crippen LogP contribution in [-0.2, 0) is 16.0 Å². The number of carbonyl (C=O) groups excluding carboxylic acids is 2. The molecule has 74 valence electrons. The second kappa shape index (κ2) is 5.01. The molecule has 1 aromatic carbocycles. The number of carbonyl (C=O) groups is 2. The first kappa shape index (κ1) is 10.2. The van der Waals surface area contributed by atoms with Crippen LogP contribution in [-0.4, -0.2) is 18.8 Å². The summed E-state index contributed by atoms with van der Waals surface area (Å²) in [5.74, 6) is 0.174. The van der Waals surface area contributed by atoms with Crippen LogP contribution in [0.1, 0.15) is 5.56 Å². The van der Waals surface area contributed by atoms with Gasteiger partial charge < -0.3 is 10.5 Å². The molecule has 4 nitrogen and oxygen atoms in total. The van der Waals surface area contributed by atoms with E-state index in [2.05, 4.69) is 0 Å². The quantitative estimate of drug-likeness (QED) is 0.683. The van der Waals surface area contributed by atoms with Crippen LogP contribution in [0.4, 0.5) is 0 Å². The third kappa shape index (κ3) is 3.26. The van der Waals surface area contributed by atoms with Gasteiger partial charge in [-0.1, -0.05) is 12.1 Å². The van der Waals surface area contributed by atoms with Crippen molar-refractivity contribution in [1.29, 1.82) is 0 Å². The van der Waals surface area contributed by atoms with Crippen LogP contribution in [0.3, 0.4) is 0 Å². The van der Waals surface area contributed by atoms with Gasteiger partial charge >= 0.3 is 0 Å². The first-order valence-corrected chi connectivity index (χ1v) is 4.16. The first-order chi connectivity index (χ1) is 6.72. The SMILES string of the molecule is NC(=O)Cc1cccc(OCC=O)c1. The van der Waals surface area contributed by atoms with Crippen molar-refractivity contribution < 1.29 is 14.3 Å². The van der Waals surface area contributed by atoms with Gasteiger partial charge in [0.1, 0.15) is 12.4 Å². The van der Waals surface area contributed by atoms with E-state index in [1.807, 2.05) is 0 Å². The van der Waals surface area contributed by atoms with Crippen molar-refractivity contribution in [2.45, 2.75) is 6.42 Å². The Kier molecular flexibility index (Phi) is 3.67. The van der Waals surface area contributed by atoms with Gasteiger partial charge in [0.05, 0.1) is 6.42 Å². The number of aldehydes is 1. The van der Waals surface area contributed by atoms with E-state index in [1.165, 1.54) is 0 Å². The Morgan fingerprint density at radius 3 is 2.93 bits per heavy atom. The minimum absolute atomic E-state index is 0.0139. The molecular weight excluding hydrogens is 182 g/mol. The van der Waals surface area contributed by atoms with Gasteiger partial charge in [-0.3, -0.25) is 9.59 Å². The minimum atomic E-state index is -0.391. The Morgan fingerprint density at radius 1 is 1.50 bits per heavy atom. The second-order valence-electron chi connectivity index (χ2n) is 2.77. The number of amides is 1. The summed E-state index contributed by atoms with van der Waals surface area (Å²) in [7, 11) is 0. The van der Waals surface area contributed by atoms with Gasteiger partial charge in [-0.25, -0.2) is 0 Å². The molecule has 0 bridgehead atoms. The summed E-state index contributed by atoms with van der Waals surface area (Å²) in [5.41, 5.74) is 5.82. The van der Waals surface area contributed by atoms with Crippen LogP contribution in [0.25, 0.3) is 0 Å². The maximum atomic E-state index is 10.6. The maximum Gasteiger partial charge on any atom is 0.221 e. The van der Waals surface area contributed by atoms with Gasteiger partial charge in [-0.2, -0.15) is 0 Å². The molecule has 0 aromatic heterocycles. The minimum Gasteiger partial charge on any atom is -0.486 e. The van der Waals surface area contributed by atoms with E-state index in [0.29, 0.717) is 12.0 Å². The monoisotopic (exact) mass is 193 g/mol. The molecule has 14 heavy (non-hydrogen) atoms. The topological polar surface area (TPSA) is 69.4 Å². The largest absolute Gasteiger partial charge is 0.486 e. The number of hydrogen-bond acceptors (Lipinski definition) is 3. The van der Waals surface area contributed by atoms with E-state index >= 15 is 0 Å². The summed E-state index contributed by atoms with van der Waals surface area (Å²) in [6.45, 7) is 0.0139. The zero-order valence-corrected chi connectivity index (χ0v) is 7.60. The van der Waals surface area contributed by atoms with E-state index in [0.717, 1.165) is 5.56 Å². The molecule has 1 rings (SSSR count). The molecule has 0 aliphatic carbocycles. The van der Waals surface area contributed by atoms with Crippen molar-refractivity contribution in [2.75, 3.05) is 6.61 Å². The second-order valence-corrected chi connectivity index (χ2v) is 2.77. The van der Waals surface area contributed by atoms with Crippen LogP contribution >= 0.6 is 0 Å². The van der Waals surface area contributed by atoms with E-state index in [1.54, 1.807) is 24.3 Å². The van der Waals surface area contributed by atoms with E-state index in [9.17, 15) is 9.59 Å². The first-order valence-electron chi connectivity index (χ1n) is 4.16. The van der Waals surface area contributed by atoms with Gasteiger partial charge in [-0.15, -0.1) is 0 Å². The number of hydrogen-bond donors (Lipinski definition) is 1. The Hall–Kier alpha value is -1.84. The van der Waals surface area contributed by atoms with Crippen molar-refractivity contribution in [3.8, 4) is 5.75 Å². The van der Waals surface area contributed by atoms with Crippen molar-refractivity contribution in [1.82, 2.24) is 0 Å². The molecule has 0 saturated carbocycles. The van der Waals surface area contributed by atoms with Crippen molar-refractivity contribution >= 4 is 12.2 Å². The third-order valence-electron chi connectivity index (χ3n) is 1.59. The molecule has 1 aromatic rings. The van der Waals surface area contributed by atoms with Gasteiger partial charge in [0.25, 0.3) is 0 Å². The van der Waals surface area contributed by atoms with Gasteiger partial charge in [0, 0.05) is 0 Å². The normalized spacial score (nSPS) is 9.43. The third-order valence-corrected chi connectivity index (χ3v) is 1.59. The average Bonchev–Trinajstić information content (AvgIpc) is 2.14. The van der Waals surface area contributed by atoms with Crippen LogP contribution in [0.5, 0.6) is 5.75 Å². The highest BCUT2D eigenvalue weighted by Gasteiger charge is 1.99. The molecule has 0 aliphatic heterocycles. The van der Waals surface area contributed by atoms with Crippen molar-refractivity contribution in [2.24, 2.45) is 5.73 Å². The van der Waals surface area contributed by atoms with E-state index < -0.39 is 5.91 Å². The molecule has 0 atom stereocenters. The van der Waals surface area contributed by atoms with Gasteiger partial charge in [0.15, 0.2) is 6.29 Å². The fraction of sp³-hybridized carbons (Fsp3) is 0.200. The molecule has 0 saturated heterocycles. The Morgan fingerprint density at radius 2 is 2.29 bits per heavy atom. The van der Waals surface area contributed by atoms with E-state index in [4.69, 9.17) is 10.5 Å². The summed E-state index contributed by atoms with van der Waals surface area (Å²) in [4.78, 5) is 20.7. The Balaban J connectivity index is 2.68. The molecule has 0 fully saturated rings. The lowest BCUT2D eigenvalue weighted by atomic mass is 10.1. The molecule has 0 radical (unpaired) electrons. The molecule has 0 aliphatic rings. The van der Waals surface area contributed by atoms with Gasteiger partial charge in [-0.05, 0) is 17.7 Å². The predicted octanol–water partition coefficient (Wildman–Crippen LogP) is 0.292. The Labute approximate surface area is 81.7 Å². The average molecular weight is 193 g/mol. The molecule has 0 unspecified atom stereocenters. The van der Waals surface area contributed by atoms with Crippen molar-refractivity contribution in [3.63, 3.8) is 0 Å². The maximum absolute atomic E-state index is 10.6. The molecule has 0 heterocycles. The summed E-state index contributed by atoms with van der Waals surface area (Å²) < 4.78 is 5.06. The summed E-state index contributed by atoms with van der Waals surface area (Å²) in [6.07, 6.45) is 0.846. The van der Waals surface area contributed by atoms with Crippen molar-refractivity contribution in [3.05, 3.63) is 29.8 Å². The molecule has 2 N–H and O–H groups in total. The number of ether oxygens (including phenoxy) is 1. The highest BCUT2D eigenvalue weighted by Crippen LogP contribution is 2.13. The van der Waals surface area contributed by atoms with Crippen LogP contribution in [0, 0.1) is 0 Å². The van der Waals surface area contributed by atoms with Gasteiger partial charge in [0.2, 0.25) is 5.91 Å². The lowest BCUT2D eigenvalue weighted by molar-refractivity contribution is -0.117. The van der Waals surface area contributed by atoms with Crippen LogP contribution < -0.4 is 10.5 Å². The highest BCUT2D eigenvalue weighted by molar-refractivity contribution is 5.76. The zero-order valence-electron chi connectivity index (χ0n) is 7.60. The number of rotatable bonds is 5. The number of benzene rings is 1. The summed E-state index contributed by atoms with van der Waals surface area (Å²) in [6, 6.07) is 6.93. The molecule has 1 amide bonds. The zero-order chi connectivity index (χ0) is 10.4. The lowest BCUT2D eigenvalue weighted by Crippen LogP contribution is -2.13. The smallest absolute Gasteiger partial charge is 0.221 e. The number of primary amides is 1. The summed E-state index contributed by atoms with van der Waals surface area (Å²) in [5, 5.41) is 0. The fourth-order valence-electron chi connectivity index (χ4n) is 1.08. The standard InChI is InChI=1S/C10H11NO3/c11-10(13)7-8-2-1-3-9(6-8)14-5-4-12/h1-4,6H,5,7H2,(H2,11,13). The Bertz CT molecular complexity index is 336. The summed E-state index contributed by atoms with van der Waals surface area (Å²) >= 11 is 0. The fourth-order valence-corrected chi connectivity index (χ4v) is 1.08. The lowest BCUT2D eigenvalue weighted by Gasteiger charge is -2.03. The predicted molar refractivity (Wildman–Crippen MR) is 50.9 cm³/mol. The van der Waals surface area contributed by atoms with Crippen LogP contribution in [0.15, 0.2) is 24.3 Å². The van der Waals surface area contributed by atoms with Crippen LogP contribution in [0.2, 0.25) is 0 Å². The highest BCUT2D eigenvalue weighted by atomic mass is 16.5. The van der Waals surface area contributed by atoms with E-state index in [-0.39, 0.29) is 13.0 Å². The molecular formula is C10H11NO3. The molecule has 0 spiro atoms. The number of nitrogens with two attached hydrogens (primary N) is 1.